The van der Waals surface area contributed by atoms with E-state index in [2.05, 4.69) is 0 Å². The molecule has 0 radical (unpaired) electrons. The molecule has 18 heavy (non-hydrogen) atoms. The van der Waals surface area contributed by atoms with Gasteiger partial charge in [-0.25, -0.2) is 8.78 Å². The molecular weight excluding hydrogens is 281 g/mol. The number of hydrogen-bond donors (Lipinski definition) is 2. The molecule has 0 bridgehead atoms. The molecule has 0 aliphatic carbocycles. The van der Waals surface area contributed by atoms with Crippen LogP contribution in [0.25, 0.3) is 0 Å². The van der Waals surface area contributed by atoms with Crippen molar-refractivity contribution in [1.82, 2.24) is 0 Å². The van der Waals surface area contributed by atoms with E-state index in [0.717, 1.165) is 0 Å². The van der Waals surface area contributed by atoms with Gasteiger partial charge in [-0.3, -0.25) is 0 Å². The zero-order valence-corrected chi connectivity index (χ0v) is 10.6. The predicted octanol–water partition coefficient (Wildman–Crippen LogP) is 4.12. The summed E-state index contributed by atoms with van der Waals surface area (Å²) in [5.41, 5.74) is 11.0. The summed E-state index contributed by atoms with van der Waals surface area (Å²) in [6.07, 6.45) is 0. The molecule has 2 rings (SSSR count). The van der Waals surface area contributed by atoms with E-state index in [4.69, 9.17) is 34.7 Å². The maximum atomic E-state index is 12.4. The molecule has 0 heterocycles. The van der Waals surface area contributed by atoms with E-state index in [0.29, 0.717) is 0 Å². The molecule has 0 aliphatic rings. The largest absolute Gasteiger partial charge is 0.397 e. The van der Waals surface area contributed by atoms with E-state index in [1.54, 1.807) is 12.1 Å². The molecule has 0 amide bonds. The minimum Gasteiger partial charge on any atom is -0.397 e. The minimum absolute atomic E-state index is 0.00231. The van der Waals surface area contributed by atoms with Crippen molar-refractivity contribution in [3.8, 4) is 0 Å². The van der Waals surface area contributed by atoms with E-state index in [-0.39, 0.29) is 21.4 Å². The zero-order chi connectivity index (χ0) is 13.7. The fourth-order valence-corrected chi connectivity index (χ4v) is 1.29. The second-order valence-electron chi connectivity index (χ2n) is 3.29. The Kier molecular flexibility index (Phi) is 5.19. The van der Waals surface area contributed by atoms with Gasteiger partial charge in [0, 0.05) is 0 Å². The molecule has 0 fully saturated rings. The van der Waals surface area contributed by atoms with Gasteiger partial charge in [-0.15, -0.1) is 0 Å². The molecule has 0 spiro atoms. The highest BCUT2D eigenvalue weighted by Crippen LogP contribution is 2.21. The highest BCUT2D eigenvalue weighted by molar-refractivity contribution is 6.33. The first kappa shape index (κ1) is 14.5. The van der Waals surface area contributed by atoms with Gasteiger partial charge < -0.3 is 11.5 Å². The van der Waals surface area contributed by atoms with Crippen LogP contribution in [0.3, 0.4) is 0 Å². The van der Waals surface area contributed by atoms with E-state index in [1.165, 1.54) is 24.3 Å². The summed E-state index contributed by atoms with van der Waals surface area (Å²) in [5, 5.41) is -0.00463. The molecule has 0 saturated heterocycles. The standard InChI is InChI=1S/2C6H5ClFN/c2*7-6-4(8)2-1-3-5(6)9/h2*1-3H,9H2. The van der Waals surface area contributed by atoms with Crippen molar-refractivity contribution in [3.05, 3.63) is 58.1 Å². The lowest BCUT2D eigenvalue weighted by molar-refractivity contribution is 0.628. The maximum absolute atomic E-state index is 12.4. The molecule has 96 valence electrons. The Balaban J connectivity index is 0.000000180. The van der Waals surface area contributed by atoms with Crippen molar-refractivity contribution in [2.24, 2.45) is 0 Å². The molecule has 2 aromatic rings. The lowest BCUT2D eigenvalue weighted by Crippen LogP contribution is -1.87. The van der Waals surface area contributed by atoms with Gasteiger partial charge in [-0.2, -0.15) is 0 Å². The monoisotopic (exact) mass is 290 g/mol. The first-order valence-corrected chi connectivity index (χ1v) is 5.58. The molecule has 0 atom stereocenters. The molecule has 0 unspecified atom stereocenters. The highest BCUT2D eigenvalue weighted by atomic mass is 35.5. The molecule has 6 heteroatoms. The van der Waals surface area contributed by atoms with Crippen molar-refractivity contribution in [2.45, 2.75) is 0 Å². The lowest BCUT2D eigenvalue weighted by atomic mass is 10.3. The van der Waals surface area contributed by atoms with Crippen molar-refractivity contribution < 1.29 is 8.78 Å². The number of halogens is 4. The maximum Gasteiger partial charge on any atom is 0.143 e. The van der Waals surface area contributed by atoms with E-state index < -0.39 is 11.6 Å². The van der Waals surface area contributed by atoms with Crippen molar-refractivity contribution in [3.63, 3.8) is 0 Å². The first-order chi connectivity index (χ1) is 8.43. The van der Waals surface area contributed by atoms with Crippen molar-refractivity contribution in [2.75, 3.05) is 11.5 Å². The van der Waals surface area contributed by atoms with Gasteiger partial charge in [0.15, 0.2) is 0 Å². The summed E-state index contributed by atoms with van der Waals surface area (Å²) in [5.74, 6) is -0.951. The van der Waals surface area contributed by atoms with Gasteiger partial charge in [0.1, 0.15) is 11.6 Å². The van der Waals surface area contributed by atoms with Crippen LogP contribution in [0, 0.1) is 11.6 Å². The summed E-state index contributed by atoms with van der Waals surface area (Å²) in [6, 6.07) is 8.64. The fraction of sp³-hybridized carbons (Fsp3) is 0. The van der Waals surface area contributed by atoms with Crippen LogP contribution in [0.1, 0.15) is 0 Å². The Hall–Kier alpha value is -1.52. The van der Waals surface area contributed by atoms with Gasteiger partial charge in [0.2, 0.25) is 0 Å². The number of rotatable bonds is 0. The van der Waals surface area contributed by atoms with E-state index in [9.17, 15) is 8.78 Å². The van der Waals surface area contributed by atoms with Crippen LogP contribution in [0.15, 0.2) is 36.4 Å². The Morgan fingerprint density at radius 1 is 0.722 bits per heavy atom. The number of anilines is 2. The Labute approximate surface area is 113 Å². The van der Waals surface area contributed by atoms with Crippen molar-refractivity contribution >= 4 is 34.6 Å². The SMILES string of the molecule is Nc1cccc(F)c1Cl.Nc1cccc(F)c1Cl. The summed E-state index contributed by atoms with van der Waals surface area (Å²) >= 11 is 10.8. The van der Waals surface area contributed by atoms with Crippen LogP contribution < -0.4 is 11.5 Å². The third-order valence-corrected chi connectivity index (χ3v) is 2.76. The van der Waals surface area contributed by atoms with Crippen molar-refractivity contribution in [1.29, 1.82) is 0 Å². The van der Waals surface area contributed by atoms with Crippen LogP contribution in [-0.2, 0) is 0 Å². The Morgan fingerprint density at radius 2 is 1.06 bits per heavy atom. The average Bonchev–Trinajstić information content (AvgIpc) is 2.34. The predicted molar refractivity (Wildman–Crippen MR) is 71.6 cm³/mol. The highest BCUT2D eigenvalue weighted by Gasteiger charge is 2.00. The Bertz CT molecular complexity index is 458. The van der Waals surface area contributed by atoms with Gasteiger partial charge >= 0.3 is 0 Å². The van der Waals surface area contributed by atoms with Crippen LogP contribution in [0.4, 0.5) is 20.2 Å². The van der Waals surface area contributed by atoms with E-state index >= 15 is 0 Å². The molecule has 0 aromatic heterocycles. The molecule has 0 saturated carbocycles. The third-order valence-electron chi connectivity index (χ3n) is 1.96. The third kappa shape index (κ3) is 3.75. The molecule has 0 aliphatic heterocycles. The normalized spacial score (nSPS) is 9.56. The number of hydrogen-bond acceptors (Lipinski definition) is 2. The molecule has 4 N–H and O–H groups in total. The summed E-state index contributed by atoms with van der Waals surface area (Å²) < 4.78 is 24.7. The summed E-state index contributed by atoms with van der Waals surface area (Å²) in [7, 11) is 0. The van der Waals surface area contributed by atoms with Gasteiger partial charge in [0.05, 0.1) is 21.4 Å². The van der Waals surface area contributed by atoms with Crippen LogP contribution >= 0.6 is 23.2 Å². The van der Waals surface area contributed by atoms with Gasteiger partial charge in [0.25, 0.3) is 0 Å². The summed E-state index contributed by atoms with van der Waals surface area (Å²) in [6.45, 7) is 0. The number of nitrogens with two attached hydrogens (primary N) is 2. The molecule has 2 nitrogen and oxygen atoms in total. The second kappa shape index (κ2) is 6.42. The van der Waals surface area contributed by atoms with E-state index in [1.807, 2.05) is 0 Å². The van der Waals surface area contributed by atoms with Gasteiger partial charge in [-0.05, 0) is 24.3 Å². The second-order valence-corrected chi connectivity index (χ2v) is 4.04. The summed E-state index contributed by atoms with van der Waals surface area (Å²) in [4.78, 5) is 0. The Morgan fingerprint density at radius 3 is 1.28 bits per heavy atom. The number of nitrogen functional groups attached to an aromatic ring is 2. The van der Waals surface area contributed by atoms with Crippen LogP contribution in [0.5, 0.6) is 0 Å². The number of benzene rings is 2. The topological polar surface area (TPSA) is 52.0 Å². The first-order valence-electron chi connectivity index (χ1n) is 4.82. The van der Waals surface area contributed by atoms with Crippen LogP contribution in [-0.4, -0.2) is 0 Å². The molecular formula is C12H10Cl2F2N2. The smallest absolute Gasteiger partial charge is 0.143 e. The quantitative estimate of drug-likeness (QED) is 0.717. The van der Waals surface area contributed by atoms with Crippen LogP contribution in [0.2, 0.25) is 10.0 Å². The zero-order valence-electron chi connectivity index (χ0n) is 9.13. The molecule has 2 aromatic carbocycles. The van der Waals surface area contributed by atoms with Gasteiger partial charge in [-0.1, -0.05) is 35.3 Å². The minimum atomic E-state index is -0.475. The lowest BCUT2D eigenvalue weighted by Gasteiger charge is -1.95. The average molecular weight is 291 g/mol. The fourth-order valence-electron chi connectivity index (χ4n) is 1.04.